The summed E-state index contributed by atoms with van der Waals surface area (Å²) in [6, 6.07) is 12.6. The van der Waals surface area contributed by atoms with Gasteiger partial charge >= 0.3 is 0 Å². The summed E-state index contributed by atoms with van der Waals surface area (Å²) in [6.45, 7) is 8.81. The first-order chi connectivity index (χ1) is 20.5. The summed E-state index contributed by atoms with van der Waals surface area (Å²) in [4.78, 5) is 30.8. The van der Waals surface area contributed by atoms with Gasteiger partial charge in [0.2, 0.25) is 0 Å². The summed E-state index contributed by atoms with van der Waals surface area (Å²) < 4.78 is 26.0. The van der Waals surface area contributed by atoms with Gasteiger partial charge in [0.1, 0.15) is 12.4 Å². The van der Waals surface area contributed by atoms with Crippen LogP contribution in [0.3, 0.4) is 0 Å². The fraction of sp³-hybridized carbons (Fsp3) is 0.514. The molecule has 228 valence electrons. The monoisotopic (exact) mass is 585 g/mol. The molecule has 0 saturated heterocycles. The Bertz CT molecular complexity index is 1460. The molecule has 0 radical (unpaired) electrons. The lowest BCUT2D eigenvalue weighted by Gasteiger charge is -2.52. The third kappa shape index (κ3) is 5.65. The van der Waals surface area contributed by atoms with Crippen molar-refractivity contribution in [1.82, 2.24) is 4.90 Å². The Balaban J connectivity index is 1.48. The number of methoxy groups -OCH3 is 1. The van der Waals surface area contributed by atoms with Gasteiger partial charge in [0.05, 0.1) is 7.11 Å². The van der Waals surface area contributed by atoms with Crippen LogP contribution in [-0.4, -0.2) is 29.6 Å². The Morgan fingerprint density at radius 1 is 0.814 bits per heavy atom. The molecule has 6 rings (SSSR count). The van der Waals surface area contributed by atoms with Crippen molar-refractivity contribution in [2.75, 3.05) is 7.11 Å². The van der Waals surface area contributed by atoms with E-state index in [1.165, 1.54) is 25.3 Å². The maximum absolute atomic E-state index is 14.3. The SMILES string of the molecule is COc1cc(C2C3=C(CC(C)(C)CC3=O)N(C3CCCCC3)C3=C2C(=O)CC(C)(C)C3)ccc1OCc1ccccc1F. The van der Waals surface area contributed by atoms with Gasteiger partial charge in [-0.05, 0) is 60.3 Å². The molecule has 3 aliphatic carbocycles. The number of rotatable bonds is 6. The number of hydrogen-bond donors (Lipinski definition) is 0. The average Bonchev–Trinajstić information content (AvgIpc) is 2.95. The van der Waals surface area contributed by atoms with E-state index in [1.54, 1.807) is 25.3 Å². The first-order valence-corrected chi connectivity index (χ1v) is 15.8. The number of allylic oxidation sites excluding steroid dienone is 4. The highest BCUT2D eigenvalue weighted by Crippen LogP contribution is 2.56. The molecule has 0 atom stereocenters. The van der Waals surface area contributed by atoms with Gasteiger partial charge in [-0.15, -0.1) is 0 Å². The second-order valence-corrected chi connectivity index (χ2v) is 14.5. The molecule has 0 aromatic heterocycles. The Labute approximate surface area is 255 Å². The average molecular weight is 586 g/mol. The van der Waals surface area contributed by atoms with Crippen LogP contribution in [0.5, 0.6) is 11.5 Å². The quantitative estimate of drug-likeness (QED) is 0.341. The van der Waals surface area contributed by atoms with E-state index in [1.807, 2.05) is 18.2 Å². The van der Waals surface area contributed by atoms with Gasteiger partial charge in [0.15, 0.2) is 23.1 Å². The first-order valence-electron chi connectivity index (χ1n) is 15.8. The lowest BCUT2D eigenvalue weighted by atomic mass is 9.63. The molecule has 4 aliphatic rings. The molecule has 2 aromatic carbocycles. The second kappa shape index (κ2) is 11.3. The summed E-state index contributed by atoms with van der Waals surface area (Å²) in [7, 11) is 1.58. The molecule has 0 bridgehead atoms. The van der Waals surface area contributed by atoms with E-state index >= 15 is 0 Å². The topological polar surface area (TPSA) is 55.8 Å². The van der Waals surface area contributed by atoms with E-state index in [0.29, 0.717) is 35.9 Å². The first kappa shape index (κ1) is 29.7. The largest absolute Gasteiger partial charge is 0.493 e. The van der Waals surface area contributed by atoms with Crippen molar-refractivity contribution < 1.29 is 23.5 Å². The lowest BCUT2D eigenvalue weighted by Crippen LogP contribution is -2.48. The lowest BCUT2D eigenvalue weighted by molar-refractivity contribution is -0.119. The van der Waals surface area contributed by atoms with E-state index in [4.69, 9.17) is 9.47 Å². The summed E-state index contributed by atoms with van der Waals surface area (Å²) in [5.41, 5.74) is 4.85. The molecule has 1 saturated carbocycles. The standard InChI is InChI=1S/C37H44FNO4/c1-36(2)18-27-34(29(40)20-36)33(23-15-16-31(32(17-23)42-5)43-22-24-11-9-10-14-26(24)38)35-28(19-37(3,4)21-30(35)41)39(27)25-12-7-6-8-13-25/h9-11,14-17,25,33H,6-8,12-13,18-22H2,1-5H3. The predicted molar refractivity (Wildman–Crippen MR) is 165 cm³/mol. The second-order valence-electron chi connectivity index (χ2n) is 14.5. The van der Waals surface area contributed by atoms with Gasteiger partial charge in [-0.2, -0.15) is 0 Å². The number of halogens is 1. The third-order valence-corrected chi connectivity index (χ3v) is 9.75. The van der Waals surface area contributed by atoms with Gasteiger partial charge in [0.25, 0.3) is 0 Å². The predicted octanol–water partition coefficient (Wildman–Crippen LogP) is 8.43. The number of ether oxygens (including phenoxy) is 2. The van der Waals surface area contributed by atoms with Gasteiger partial charge in [-0.1, -0.05) is 71.2 Å². The van der Waals surface area contributed by atoms with Crippen LogP contribution in [0, 0.1) is 16.6 Å². The Morgan fingerprint density at radius 3 is 2.00 bits per heavy atom. The summed E-state index contributed by atoms with van der Waals surface area (Å²) in [6.07, 6.45) is 8.32. The molecule has 0 spiro atoms. The zero-order chi connectivity index (χ0) is 30.5. The van der Waals surface area contributed by atoms with Gasteiger partial charge in [0, 0.05) is 52.9 Å². The summed E-state index contributed by atoms with van der Waals surface area (Å²) in [5, 5.41) is 0. The minimum absolute atomic E-state index is 0.0634. The Hall–Kier alpha value is -3.41. The zero-order valence-electron chi connectivity index (χ0n) is 26.2. The smallest absolute Gasteiger partial charge is 0.162 e. The molecular weight excluding hydrogens is 541 g/mol. The van der Waals surface area contributed by atoms with Crippen LogP contribution >= 0.6 is 0 Å². The number of carbonyl (C=O) groups excluding carboxylic acids is 2. The minimum Gasteiger partial charge on any atom is -0.493 e. The van der Waals surface area contributed by atoms with E-state index in [0.717, 1.165) is 53.8 Å². The van der Waals surface area contributed by atoms with Gasteiger partial charge < -0.3 is 14.4 Å². The molecule has 0 unspecified atom stereocenters. The van der Waals surface area contributed by atoms with Crippen LogP contribution in [0.2, 0.25) is 0 Å². The van der Waals surface area contributed by atoms with Crippen LogP contribution in [0.4, 0.5) is 4.39 Å². The molecule has 0 amide bonds. The molecule has 5 nitrogen and oxygen atoms in total. The fourth-order valence-corrected chi connectivity index (χ4v) is 7.86. The minimum atomic E-state index is -0.438. The molecule has 43 heavy (non-hydrogen) atoms. The summed E-state index contributed by atoms with van der Waals surface area (Å²) in [5.74, 6) is 0.510. The maximum atomic E-state index is 14.3. The zero-order valence-corrected chi connectivity index (χ0v) is 26.2. The van der Waals surface area contributed by atoms with Crippen molar-refractivity contribution in [3.05, 3.63) is 81.9 Å². The van der Waals surface area contributed by atoms with Gasteiger partial charge in [-0.25, -0.2) is 4.39 Å². The van der Waals surface area contributed by atoms with Crippen molar-refractivity contribution in [3.63, 3.8) is 0 Å². The van der Waals surface area contributed by atoms with E-state index in [9.17, 15) is 14.0 Å². The number of carbonyl (C=O) groups is 2. The normalized spacial score (nSPS) is 22.4. The Kier molecular flexibility index (Phi) is 7.76. The van der Waals surface area contributed by atoms with Crippen LogP contribution in [0.15, 0.2) is 65.0 Å². The van der Waals surface area contributed by atoms with E-state index in [2.05, 4.69) is 32.6 Å². The maximum Gasteiger partial charge on any atom is 0.162 e. The Morgan fingerprint density at radius 2 is 1.42 bits per heavy atom. The van der Waals surface area contributed by atoms with Crippen LogP contribution < -0.4 is 9.47 Å². The fourth-order valence-electron chi connectivity index (χ4n) is 7.86. The molecule has 1 heterocycles. The highest BCUT2D eigenvalue weighted by Gasteiger charge is 2.50. The number of Topliss-reactive ketones (excluding diaryl/α,β-unsaturated/α-hetero) is 2. The molecule has 2 aromatic rings. The van der Waals surface area contributed by atoms with Crippen molar-refractivity contribution in [2.24, 2.45) is 10.8 Å². The van der Waals surface area contributed by atoms with E-state index < -0.39 is 5.92 Å². The van der Waals surface area contributed by atoms with Crippen LogP contribution in [0.1, 0.15) is 103 Å². The van der Waals surface area contributed by atoms with Crippen molar-refractivity contribution in [2.45, 2.75) is 104 Å². The number of ketones is 2. The summed E-state index contributed by atoms with van der Waals surface area (Å²) >= 11 is 0. The highest BCUT2D eigenvalue weighted by atomic mass is 19.1. The van der Waals surface area contributed by atoms with Crippen molar-refractivity contribution in [1.29, 1.82) is 0 Å². The van der Waals surface area contributed by atoms with Crippen LogP contribution in [0.25, 0.3) is 0 Å². The molecule has 1 fully saturated rings. The third-order valence-electron chi connectivity index (χ3n) is 9.75. The van der Waals surface area contributed by atoms with Crippen molar-refractivity contribution in [3.8, 4) is 11.5 Å². The molecule has 0 N–H and O–H groups in total. The molecular formula is C37H44FNO4. The number of nitrogens with zero attached hydrogens (tertiary/aromatic N) is 1. The number of hydrogen-bond acceptors (Lipinski definition) is 5. The van der Waals surface area contributed by atoms with Gasteiger partial charge in [-0.3, -0.25) is 9.59 Å². The number of benzene rings is 2. The molecule has 6 heteroatoms. The van der Waals surface area contributed by atoms with Crippen LogP contribution in [-0.2, 0) is 16.2 Å². The van der Waals surface area contributed by atoms with E-state index in [-0.39, 0.29) is 34.8 Å². The molecule has 1 aliphatic heterocycles. The van der Waals surface area contributed by atoms with Crippen molar-refractivity contribution >= 4 is 11.6 Å². The highest BCUT2D eigenvalue weighted by molar-refractivity contribution is 6.06.